The highest BCUT2D eigenvalue weighted by molar-refractivity contribution is 7.17. The molecule has 3 nitrogen and oxygen atoms in total. The molecule has 3 rings (SSSR count). The van der Waals surface area contributed by atoms with Gasteiger partial charge in [0.1, 0.15) is 0 Å². The fourth-order valence-electron chi connectivity index (χ4n) is 3.16. The maximum atomic E-state index is 12.2. The molecule has 5 heteroatoms. The number of thiophene rings is 1. The van der Waals surface area contributed by atoms with Gasteiger partial charge in [-0.3, -0.25) is 4.79 Å². The summed E-state index contributed by atoms with van der Waals surface area (Å²) in [6.45, 7) is 0.714. The van der Waals surface area contributed by atoms with Crippen molar-refractivity contribution in [3.05, 3.63) is 35.2 Å². The van der Waals surface area contributed by atoms with Crippen LogP contribution in [0.3, 0.4) is 0 Å². The van der Waals surface area contributed by atoms with Crippen molar-refractivity contribution in [3.63, 3.8) is 0 Å². The second kappa shape index (κ2) is 7.95. The van der Waals surface area contributed by atoms with Gasteiger partial charge in [0.05, 0.1) is 0 Å². The van der Waals surface area contributed by atoms with E-state index in [1.165, 1.54) is 15.6 Å². The molecule has 1 fully saturated rings. The van der Waals surface area contributed by atoms with Crippen molar-refractivity contribution in [2.45, 2.75) is 38.1 Å². The minimum atomic E-state index is 0. The molecule has 1 aliphatic rings. The van der Waals surface area contributed by atoms with E-state index in [0.29, 0.717) is 6.54 Å². The summed E-state index contributed by atoms with van der Waals surface area (Å²) in [6, 6.07) is 8.64. The lowest BCUT2D eigenvalue weighted by Crippen LogP contribution is -2.38. The number of amides is 1. The molecule has 0 aliphatic heterocycles. The zero-order valence-corrected chi connectivity index (χ0v) is 14.2. The van der Waals surface area contributed by atoms with Gasteiger partial charge < -0.3 is 11.1 Å². The smallest absolute Gasteiger partial charge is 0.223 e. The number of benzene rings is 1. The predicted molar refractivity (Wildman–Crippen MR) is 95.7 cm³/mol. The zero-order valence-electron chi connectivity index (χ0n) is 12.6. The molecule has 2 unspecified atom stereocenters. The van der Waals surface area contributed by atoms with E-state index in [9.17, 15) is 4.79 Å². The van der Waals surface area contributed by atoms with Crippen LogP contribution >= 0.6 is 23.7 Å². The largest absolute Gasteiger partial charge is 0.356 e. The van der Waals surface area contributed by atoms with Crippen molar-refractivity contribution in [2.75, 3.05) is 6.54 Å². The van der Waals surface area contributed by atoms with E-state index in [0.717, 1.165) is 32.1 Å². The van der Waals surface area contributed by atoms with E-state index in [-0.39, 0.29) is 30.3 Å². The summed E-state index contributed by atoms with van der Waals surface area (Å²) in [4.78, 5) is 12.2. The number of nitrogens with one attached hydrogen (secondary N) is 1. The lowest BCUT2D eigenvalue weighted by Gasteiger charge is -2.25. The van der Waals surface area contributed by atoms with Gasteiger partial charge in [0.2, 0.25) is 5.91 Å². The zero-order chi connectivity index (χ0) is 14.7. The highest BCUT2D eigenvalue weighted by Gasteiger charge is 2.24. The highest BCUT2D eigenvalue weighted by atomic mass is 35.5. The third-order valence-electron chi connectivity index (χ3n) is 4.34. The Kier molecular flexibility index (Phi) is 6.24. The maximum absolute atomic E-state index is 12.2. The minimum Gasteiger partial charge on any atom is -0.356 e. The quantitative estimate of drug-likeness (QED) is 0.896. The number of nitrogens with two attached hydrogens (primary N) is 1. The molecule has 22 heavy (non-hydrogen) atoms. The van der Waals surface area contributed by atoms with E-state index in [2.05, 4.69) is 35.0 Å². The number of carbonyl (C=O) groups is 1. The number of halogens is 1. The Labute approximate surface area is 141 Å². The van der Waals surface area contributed by atoms with Gasteiger partial charge in [-0.2, -0.15) is 0 Å². The third kappa shape index (κ3) is 4.00. The summed E-state index contributed by atoms with van der Waals surface area (Å²) in [6.07, 6.45) is 4.86. The van der Waals surface area contributed by atoms with Gasteiger partial charge >= 0.3 is 0 Å². The van der Waals surface area contributed by atoms with Gasteiger partial charge in [0.25, 0.3) is 0 Å². The topological polar surface area (TPSA) is 55.1 Å². The van der Waals surface area contributed by atoms with Gasteiger partial charge in [-0.25, -0.2) is 0 Å². The number of fused-ring (bicyclic) bond motifs is 1. The van der Waals surface area contributed by atoms with Crippen LogP contribution in [0.1, 0.15) is 31.2 Å². The molecule has 0 saturated heterocycles. The van der Waals surface area contributed by atoms with E-state index in [1.807, 2.05) is 0 Å². The first-order chi connectivity index (χ1) is 10.2. The Hall–Kier alpha value is -1.10. The molecule has 120 valence electrons. The molecule has 0 radical (unpaired) electrons. The van der Waals surface area contributed by atoms with Crippen molar-refractivity contribution in [3.8, 4) is 0 Å². The fraction of sp³-hybridized carbons (Fsp3) is 0.471. The van der Waals surface area contributed by atoms with Crippen LogP contribution in [0.4, 0.5) is 0 Å². The van der Waals surface area contributed by atoms with Crippen LogP contribution in [-0.4, -0.2) is 18.5 Å². The van der Waals surface area contributed by atoms with E-state index >= 15 is 0 Å². The van der Waals surface area contributed by atoms with Crippen LogP contribution in [-0.2, 0) is 11.2 Å². The second-order valence-electron chi connectivity index (χ2n) is 5.92. The summed E-state index contributed by atoms with van der Waals surface area (Å²) in [5, 5.41) is 6.60. The van der Waals surface area contributed by atoms with Crippen molar-refractivity contribution < 1.29 is 4.79 Å². The number of rotatable bonds is 4. The summed E-state index contributed by atoms with van der Waals surface area (Å²) < 4.78 is 1.32. The monoisotopic (exact) mass is 338 g/mol. The molecule has 1 saturated carbocycles. The molecule has 1 amide bonds. The molecule has 2 aromatic rings. The van der Waals surface area contributed by atoms with Crippen molar-refractivity contribution in [2.24, 2.45) is 11.7 Å². The lowest BCUT2D eigenvalue weighted by molar-refractivity contribution is -0.126. The van der Waals surface area contributed by atoms with Crippen molar-refractivity contribution >= 4 is 39.7 Å². The number of carbonyl (C=O) groups excluding carboxylic acids is 1. The molecule has 0 bridgehead atoms. The molecular formula is C17H23ClN2OS. The van der Waals surface area contributed by atoms with Gasteiger partial charge in [-0.05, 0) is 48.1 Å². The average molecular weight is 339 g/mol. The van der Waals surface area contributed by atoms with Crippen LogP contribution < -0.4 is 11.1 Å². The van der Waals surface area contributed by atoms with Crippen LogP contribution in [0, 0.1) is 5.92 Å². The van der Waals surface area contributed by atoms with E-state index in [4.69, 9.17) is 5.73 Å². The Balaban J connectivity index is 0.00000176. The molecule has 2 atom stereocenters. The Bertz CT molecular complexity index is 628. The molecule has 1 aliphatic carbocycles. The highest BCUT2D eigenvalue weighted by Crippen LogP contribution is 2.26. The molecule has 1 heterocycles. The number of hydrogen-bond acceptors (Lipinski definition) is 3. The van der Waals surface area contributed by atoms with Crippen LogP contribution in [0.2, 0.25) is 0 Å². The Morgan fingerprint density at radius 1 is 1.32 bits per heavy atom. The molecule has 3 N–H and O–H groups in total. The minimum absolute atomic E-state index is 0. The van der Waals surface area contributed by atoms with Crippen LogP contribution in [0.15, 0.2) is 29.6 Å². The van der Waals surface area contributed by atoms with Crippen LogP contribution in [0.5, 0.6) is 0 Å². The fourth-order valence-corrected chi connectivity index (χ4v) is 4.15. The normalized spacial score (nSPS) is 21.3. The maximum Gasteiger partial charge on any atom is 0.223 e. The summed E-state index contributed by atoms with van der Waals surface area (Å²) in [5.41, 5.74) is 7.28. The van der Waals surface area contributed by atoms with E-state index < -0.39 is 0 Å². The summed E-state index contributed by atoms with van der Waals surface area (Å²) >= 11 is 1.77. The molecule has 0 spiro atoms. The summed E-state index contributed by atoms with van der Waals surface area (Å²) in [7, 11) is 0. The van der Waals surface area contributed by atoms with Crippen molar-refractivity contribution in [1.29, 1.82) is 0 Å². The summed E-state index contributed by atoms with van der Waals surface area (Å²) in [5.74, 6) is 0.303. The van der Waals surface area contributed by atoms with Gasteiger partial charge in [0.15, 0.2) is 0 Å². The predicted octanol–water partition coefficient (Wildman–Crippen LogP) is 3.50. The Morgan fingerprint density at radius 3 is 2.95 bits per heavy atom. The van der Waals surface area contributed by atoms with Crippen LogP contribution in [0.25, 0.3) is 10.1 Å². The van der Waals surface area contributed by atoms with Gasteiger partial charge in [-0.1, -0.05) is 24.6 Å². The first-order valence-corrected chi connectivity index (χ1v) is 8.60. The van der Waals surface area contributed by atoms with Gasteiger partial charge in [0, 0.05) is 23.2 Å². The van der Waals surface area contributed by atoms with E-state index in [1.54, 1.807) is 11.3 Å². The molecular weight excluding hydrogens is 316 g/mol. The van der Waals surface area contributed by atoms with Gasteiger partial charge in [-0.15, -0.1) is 23.7 Å². The number of hydrogen-bond donors (Lipinski definition) is 2. The molecule has 1 aromatic heterocycles. The first-order valence-electron chi connectivity index (χ1n) is 7.72. The van der Waals surface area contributed by atoms with Crippen molar-refractivity contribution in [1.82, 2.24) is 5.32 Å². The molecule has 1 aromatic carbocycles. The second-order valence-corrected chi connectivity index (χ2v) is 6.83. The lowest BCUT2D eigenvalue weighted by atomic mass is 9.85. The average Bonchev–Trinajstić information content (AvgIpc) is 2.91. The standard InChI is InChI=1S/C17H22N2OS.ClH/c18-14-5-3-4-12(10-14)17(20)19-9-8-13-11-21-16-7-2-1-6-15(13)16;/h1-2,6-7,11-12,14H,3-5,8-10,18H2,(H,19,20);1H. The Morgan fingerprint density at radius 2 is 2.14 bits per heavy atom. The SMILES string of the molecule is Cl.NC1CCCC(C(=O)NCCc2csc3ccccc23)C1. The third-order valence-corrected chi connectivity index (χ3v) is 5.35. The first kappa shape index (κ1) is 17.3.